The molecule has 5 nitrogen and oxygen atoms in total. The zero-order chi connectivity index (χ0) is 19.6. The Morgan fingerprint density at radius 1 is 1.04 bits per heavy atom. The topological polar surface area (TPSA) is 78.4 Å². The third-order valence-electron chi connectivity index (χ3n) is 3.09. The molecule has 0 bridgehead atoms. The Morgan fingerprint density at radius 2 is 1.69 bits per heavy atom. The summed E-state index contributed by atoms with van der Waals surface area (Å²) in [7, 11) is 0. The zero-order valence-electron chi connectivity index (χ0n) is 12.5. The first-order valence-electron chi connectivity index (χ1n) is 6.71. The number of hydrogen-bond donors (Lipinski definition) is 3. The summed E-state index contributed by atoms with van der Waals surface area (Å²) in [5.41, 5.74) is -1.08. The third kappa shape index (κ3) is 4.14. The van der Waals surface area contributed by atoms with Crippen molar-refractivity contribution in [2.24, 2.45) is 0 Å². The van der Waals surface area contributed by atoms with Gasteiger partial charge in [-0.25, -0.2) is 13.2 Å². The van der Waals surface area contributed by atoms with Gasteiger partial charge < -0.3 is 15.7 Å². The van der Waals surface area contributed by atoms with Gasteiger partial charge in [-0.05, 0) is 18.2 Å². The smallest absolute Gasteiger partial charge is 0.257 e. The molecule has 0 atom stereocenters. The quantitative estimate of drug-likeness (QED) is 0.507. The number of amides is 2. The number of halogens is 6. The van der Waals surface area contributed by atoms with Crippen LogP contribution in [0.4, 0.5) is 18.9 Å². The van der Waals surface area contributed by atoms with E-state index in [1.807, 2.05) is 5.32 Å². The highest BCUT2D eigenvalue weighted by atomic mass is 35.5. The average Bonchev–Trinajstić information content (AvgIpc) is 2.59. The number of phenolic OH excluding ortho intramolecular Hbond substituents is 1. The summed E-state index contributed by atoms with van der Waals surface area (Å²) < 4.78 is 39.4. The van der Waals surface area contributed by atoms with Gasteiger partial charge in [-0.3, -0.25) is 9.59 Å². The van der Waals surface area contributed by atoms with Crippen LogP contribution in [0.15, 0.2) is 18.2 Å². The van der Waals surface area contributed by atoms with Crippen LogP contribution in [0, 0.1) is 17.5 Å². The van der Waals surface area contributed by atoms with Crippen LogP contribution >= 0.6 is 34.8 Å². The molecule has 0 aromatic heterocycles. The Labute approximate surface area is 159 Å². The van der Waals surface area contributed by atoms with Crippen LogP contribution < -0.4 is 10.6 Å². The van der Waals surface area contributed by atoms with Gasteiger partial charge in [0.05, 0.1) is 27.3 Å². The Morgan fingerprint density at radius 3 is 2.35 bits per heavy atom. The largest absolute Gasteiger partial charge is 0.505 e. The standard InChI is InChI=1S/C15H8Cl3F3N2O3/c16-5-3-6(17)14(25)10(11(5)18)15(26)22-4-9(24)23-8-2-1-7(19)12(20)13(8)21/h1-3,25H,4H2,(H,22,26)(H,23,24). The van der Waals surface area contributed by atoms with E-state index < -0.39 is 52.8 Å². The van der Waals surface area contributed by atoms with Gasteiger partial charge in [0.2, 0.25) is 5.91 Å². The molecule has 0 heterocycles. The molecule has 0 fully saturated rings. The fraction of sp³-hybridized carbons (Fsp3) is 0.0667. The Kier molecular flexibility index (Phi) is 6.22. The first-order valence-corrected chi connectivity index (χ1v) is 7.84. The highest BCUT2D eigenvalue weighted by Gasteiger charge is 2.22. The number of aromatic hydroxyl groups is 1. The predicted octanol–water partition coefficient (Wildman–Crippen LogP) is 4.14. The lowest BCUT2D eigenvalue weighted by Crippen LogP contribution is -2.33. The monoisotopic (exact) mass is 426 g/mol. The maximum atomic E-state index is 13.5. The van der Waals surface area contributed by atoms with Crippen molar-refractivity contribution in [3.05, 3.63) is 56.3 Å². The zero-order valence-corrected chi connectivity index (χ0v) is 14.7. The second-order valence-corrected chi connectivity index (χ2v) is 6.02. The van der Waals surface area contributed by atoms with Gasteiger partial charge in [-0.15, -0.1) is 0 Å². The molecular weight excluding hydrogens is 420 g/mol. The maximum Gasteiger partial charge on any atom is 0.257 e. The van der Waals surface area contributed by atoms with Crippen LogP contribution in [0.3, 0.4) is 0 Å². The minimum Gasteiger partial charge on any atom is -0.505 e. The molecule has 0 saturated carbocycles. The molecule has 3 N–H and O–H groups in total. The van der Waals surface area contributed by atoms with Crippen molar-refractivity contribution in [1.29, 1.82) is 0 Å². The summed E-state index contributed by atoms with van der Waals surface area (Å²) >= 11 is 17.3. The summed E-state index contributed by atoms with van der Waals surface area (Å²) in [5, 5.41) is 13.2. The van der Waals surface area contributed by atoms with Crippen molar-refractivity contribution < 1.29 is 27.9 Å². The van der Waals surface area contributed by atoms with Crippen LogP contribution in [0.1, 0.15) is 10.4 Å². The van der Waals surface area contributed by atoms with Gasteiger partial charge in [0, 0.05) is 0 Å². The predicted molar refractivity (Wildman–Crippen MR) is 90.4 cm³/mol. The molecule has 11 heteroatoms. The van der Waals surface area contributed by atoms with Crippen molar-refractivity contribution in [2.45, 2.75) is 0 Å². The average molecular weight is 428 g/mol. The fourth-order valence-corrected chi connectivity index (χ4v) is 2.55. The number of carbonyl (C=O) groups excluding carboxylic acids is 2. The van der Waals surface area contributed by atoms with Gasteiger partial charge in [0.25, 0.3) is 5.91 Å². The van der Waals surface area contributed by atoms with Crippen molar-refractivity contribution in [3.8, 4) is 5.75 Å². The Bertz CT molecular complexity index is 883. The Hall–Kier alpha value is -2.16. The lowest BCUT2D eigenvalue weighted by atomic mass is 10.2. The van der Waals surface area contributed by atoms with E-state index in [4.69, 9.17) is 34.8 Å². The van der Waals surface area contributed by atoms with Crippen molar-refractivity contribution in [3.63, 3.8) is 0 Å². The molecule has 2 rings (SSSR count). The SMILES string of the molecule is O=C(CNC(=O)c1c(O)c(Cl)cc(Cl)c1Cl)Nc1ccc(F)c(F)c1F. The van der Waals surface area contributed by atoms with Gasteiger partial charge in [0.15, 0.2) is 17.5 Å². The van der Waals surface area contributed by atoms with Crippen LogP contribution in [0.25, 0.3) is 0 Å². The van der Waals surface area contributed by atoms with E-state index >= 15 is 0 Å². The maximum absolute atomic E-state index is 13.5. The molecule has 0 unspecified atom stereocenters. The van der Waals surface area contributed by atoms with Gasteiger partial charge in [-0.2, -0.15) is 0 Å². The minimum absolute atomic E-state index is 0.104. The molecule has 2 aromatic carbocycles. The molecule has 0 radical (unpaired) electrons. The fourth-order valence-electron chi connectivity index (χ4n) is 1.86. The minimum atomic E-state index is -1.75. The van der Waals surface area contributed by atoms with Crippen LogP contribution in [-0.4, -0.2) is 23.5 Å². The van der Waals surface area contributed by atoms with Crippen LogP contribution in [0.5, 0.6) is 5.75 Å². The summed E-state index contributed by atoms with van der Waals surface area (Å²) in [6.07, 6.45) is 0. The number of carbonyl (C=O) groups is 2. The normalized spacial score (nSPS) is 10.5. The molecule has 0 aliphatic rings. The van der Waals surface area contributed by atoms with Crippen LogP contribution in [0.2, 0.25) is 15.1 Å². The van der Waals surface area contributed by atoms with E-state index in [2.05, 4.69) is 5.32 Å². The van der Waals surface area contributed by atoms with E-state index in [0.29, 0.717) is 6.07 Å². The second-order valence-electron chi connectivity index (χ2n) is 4.83. The molecule has 26 heavy (non-hydrogen) atoms. The molecule has 0 aliphatic heterocycles. The lowest BCUT2D eigenvalue weighted by molar-refractivity contribution is -0.115. The van der Waals surface area contributed by atoms with E-state index in [-0.39, 0.29) is 15.1 Å². The van der Waals surface area contributed by atoms with Crippen molar-refractivity contribution in [1.82, 2.24) is 5.32 Å². The van der Waals surface area contributed by atoms with Gasteiger partial charge in [0.1, 0.15) is 11.3 Å². The summed E-state index contributed by atoms with van der Waals surface area (Å²) in [6, 6.07) is 2.56. The first-order chi connectivity index (χ1) is 12.1. The molecule has 0 spiro atoms. The number of hydrogen-bond acceptors (Lipinski definition) is 3. The van der Waals surface area contributed by atoms with Crippen molar-refractivity contribution >= 4 is 52.3 Å². The first kappa shape index (κ1) is 20.2. The third-order valence-corrected chi connectivity index (χ3v) is 4.17. The van der Waals surface area contributed by atoms with E-state index in [1.54, 1.807) is 0 Å². The molecule has 2 amide bonds. The van der Waals surface area contributed by atoms with Gasteiger partial charge >= 0.3 is 0 Å². The summed E-state index contributed by atoms with van der Waals surface area (Å²) in [5.74, 6) is -7.35. The molecule has 2 aromatic rings. The second kappa shape index (κ2) is 8.03. The highest BCUT2D eigenvalue weighted by molar-refractivity contribution is 6.45. The Balaban J connectivity index is 2.09. The summed E-state index contributed by atoms with van der Waals surface area (Å²) in [6.45, 7) is -0.697. The number of benzene rings is 2. The highest BCUT2D eigenvalue weighted by Crippen LogP contribution is 2.38. The van der Waals surface area contributed by atoms with E-state index in [0.717, 1.165) is 12.1 Å². The van der Waals surface area contributed by atoms with E-state index in [1.165, 1.54) is 0 Å². The molecule has 0 aliphatic carbocycles. The molecule has 0 saturated heterocycles. The van der Waals surface area contributed by atoms with Crippen LogP contribution in [-0.2, 0) is 4.79 Å². The van der Waals surface area contributed by atoms with E-state index in [9.17, 15) is 27.9 Å². The van der Waals surface area contributed by atoms with Crippen molar-refractivity contribution in [2.75, 3.05) is 11.9 Å². The molecule has 138 valence electrons. The number of rotatable bonds is 4. The summed E-state index contributed by atoms with van der Waals surface area (Å²) in [4.78, 5) is 23.8. The van der Waals surface area contributed by atoms with Gasteiger partial charge in [-0.1, -0.05) is 34.8 Å². The number of nitrogens with one attached hydrogen (secondary N) is 2. The number of anilines is 1. The molecular formula is C15H8Cl3F3N2O3. The number of phenols is 1. The lowest BCUT2D eigenvalue weighted by Gasteiger charge is -2.11.